The van der Waals surface area contributed by atoms with Crippen LogP contribution in [0, 0.1) is 11.8 Å². The van der Waals surface area contributed by atoms with Crippen LogP contribution in [-0.2, 0) is 4.74 Å². The number of hydrogen-bond acceptors (Lipinski definition) is 4. The van der Waals surface area contributed by atoms with Crippen molar-refractivity contribution < 1.29 is 14.6 Å². The van der Waals surface area contributed by atoms with E-state index in [1.807, 2.05) is 25.7 Å². The van der Waals surface area contributed by atoms with Crippen molar-refractivity contribution in [1.82, 2.24) is 10.2 Å². The highest BCUT2D eigenvalue weighted by Crippen LogP contribution is 2.26. The Labute approximate surface area is 140 Å². The van der Waals surface area contributed by atoms with Crippen molar-refractivity contribution in [3.8, 4) is 0 Å². The van der Waals surface area contributed by atoms with Gasteiger partial charge in [-0.15, -0.1) is 0 Å². The first-order valence-corrected chi connectivity index (χ1v) is 9.14. The molecule has 134 valence electrons. The zero-order valence-corrected chi connectivity index (χ0v) is 15.2. The molecule has 0 aromatic carbocycles. The maximum Gasteiger partial charge on any atom is 0.410 e. The summed E-state index contributed by atoms with van der Waals surface area (Å²) in [5.74, 6) is 1.07. The van der Waals surface area contributed by atoms with E-state index >= 15 is 0 Å². The molecule has 1 amide bonds. The van der Waals surface area contributed by atoms with Crippen molar-refractivity contribution in [3.05, 3.63) is 0 Å². The quantitative estimate of drug-likeness (QED) is 0.834. The number of carbonyl (C=O) groups excluding carboxylic acids is 1. The fourth-order valence-electron chi connectivity index (χ4n) is 3.66. The summed E-state index contributed by atoms with van der Waals surface area (Å²) in [6.07, 6.45) is 4.89. The Balaban J connectivity index is 1.77. The number of rotatable bonds is 4. The van der Waals surface area contributed by atoms with Gasteiger partial charge in [0.25, 0.3) is 0 Å². The molecule has 1 heterocycles. The molecule has 0 bridgehead atoms. The van der Waals surface area contributed by atoms with Gasteiger partial charge >= 0.3 is 6.09 Å². The lowest BCUT2D eigenvalue weighted by molar-refractivity contribution is 0.0147. The van der Waals surface area contributed by atoms with Crippen LogP contribution in [0.4, 0.5) is 4.79 Å². The van der Waals surface area contributed by atoms with E-state index < -0.39 is 5.60 Å². The van der Waals surface area contributed by atoms with Crippen LogP contribution in [0.15, 0.2) is 0 Å². The topological polar surface area (TPSA) is 61.8 Å². The molecule has 0 aromatic heterocycles. The SMILES string of the molecule is CC(NCC1CCC(O)C1)C1CCCN(C(=O)OC(C)(C)C)C1. The summed E-state index contributed by atoms with van der Waals surface area (Å²) in [6, 6.07) is 0.387. The summed E-state index contributed by atoms with van der Waals surface area (Å²) in [4.78, 5) is 14.1. The molecular weight excluding hydrogens is 292 g/mol. The van der Waals surface area contributed by atoms with Gasteiger partial charge < -0.3 is 20.1 Å². The van der Waals surface area contributed by atoms with Gasteiger partial charge in [-0.2, -0.15) is 0 Å². The van der Waals surface area contributed by atoms with E-state index in [2.05, 4.69) is 12.2 Å². The average Bonchev–Trinajstić information content (AvgIpc) is 2.89. The fraction of sp³-hybridized carbons (Fsp3) is 0.944. The fourth-order valence-corrected chi connectivity index (χ4v) is 3.66. The van der Waals surface area contributed by atoms with E-state index in [-0.39, 0.29) is 12.2 Å². The second-order valence-corrected chi connectivity index (χ2v) is 8.36. The van der Waals surface area contributed by atoms with Gasteiger partial charge in [0.2, 0.25) is 0 Å². The summed E-state index contributed by atoms with van der Waals surface area (Å²) in [5.41, 5.74) is -0.433. The minimum atomic E-state index is -0.433. The Morgan fingerprint density at radius 2 is 2.09 bits per heavy atom. The van der Waals surface area contributed by atoms with Gasteiger partial charge in [-0.1, -0.05) is 0 Å². The lowest BCUT2D eigenvalue weighted by atomic mass is 9.91. The summed E-state index contributed by atoms with van der Waals surface area (Å²) in [6.45, 7) is 10.5. The molecule has 2 fully saturated rings. The largest absolute Gasteiger partial charge is 0.444 e. The summed E-state index contributed by atoms with van der Waals surface area (Å²) in [7, 11) is 0. The molecular formula is C18H34N2O3. The standard InChI is InChI=1S/C18H34N2O3/c1-13(19-11-14-7-8-16(21)10-14)15-6-5-9-20(12-15)17(22)23-18(2,3)4/h13-16,19,21H,5-12H2,1-4H3. The summed E-state index contributed by atoms with van der Waals surface area (Å²) >= 11 is 0. The number of piperidine rings is 1. The number of carbonyl (C=O) groups is 1. The molecule has 4 unspecified atom stereocenters. The monoisotopic (exact) mass is 326 g/mol. The number of ether oxygens (including phenoxy) is 1. The Kier molecular flexibility index (Phi) is 6.32. The van der Waals surface area contributed by atoms with Crippen LogP contribution >= 0.6 is 0 Å². The molecule has 5 heteroatoms. The van der Waals surface area contributed by atoms with Crippen LogP contribution in [0.1, 0.15) is 59.8 Å². The zero-order chi connectivity index (χ0) is 17.0. The Bertz CT molecular complexity index is 394. The predicted octanol–water partition coefficient (Wildman–Crippen LogP) is 2.77. The van der Waals surface area contributed by atoms with Crippen LogP contribution in [0.25, 0.3) is 0 Å². The Hall–Kier alpha value is -0.810. The van der Waals surface area contributed by atoms with E-state index in [9.17, 15) is 9.90 Å². The first-order valence-electron chi connectivity index (χ1n) is 9.14. The molecule has 2 rings (SSSR count). The van der Waals surface area contributed by atoms with Crippen LogP contribution < -0.4 is 5.32 Å². The molecule has 2 aliphatic rings. The average molecular weight is 326 g/mol. The van der Waals surface area contributed by atoms with Crippen molar-refractivity contribution in [2.75, 3.05) is 19.6 Å². The number of hydrogen-bond donors (Lipinski definition) is 2. The van der Waals surface area contributed by atoms with Gasteiger partial charge in [-0.25, -0.2) is 4.79 Å². The second kappa shape index (κ2) is 7.84. The molecule has 0 spiro atoms. The smallest absolute Gasteiger partial charge is 0.410 e. The first-order chi connectivity index (χ1) is 10.7. The lowest BCUT2D eigenvalue weighted by Crippen LogP contribution is -2.48. The van der Waals surface area contributed by atoms with Crippen molar-refractivity contribution in [2.45, 2.75) is 77.5 Å². The number of likely N-dealkylation sites (tertiary alicyclic amines) is 1. The molecule has 4 atom stereocenters. The Morgan fingerprint density at radius 1 is 1.35 bits per heavy atom. The summed E-state index contributed by atoms with van der Waals surface area (Å²) < 4.78 is 5.50. The van der Waals surface area contributed by atoms with Crippen LogP contribution in [0.5, 0.6) is 0 Å². The third kappa shape index (κ3) is 5.96. The third-order valence-electron chi connectivity index (χ3n) is 5.06. The summed E-state index contributed by atoms with van der Waals surface area (Å²) in [5, 5.41) is 13.2. The van der Waals surface area contributed by atoms with Gasteiger partial charge in [-0.05, 0) is 78.2 Å². The highest BCUT2D eigenvalue weighted by molar-refractivity contribution is 5.68. The van der Waals surface area contributed by atoms with Gasteiger partial charge in [-0.3, -0.25) is 0 Å². The molecule has 1 saturated heterocycles. The number of amides is 1. The lowest BCUT2D eigenvalue weighted by Gasteiger charge is -2.37. The van der Waals surface area contributed by atoms with Gasteiger partial charge in [0.1, 0.15) is 5.60 Å². The number of nitrogens with zero attached hydrogens (tertiary/aromatic N) is 1. The van der Waals surface area contributed by atoms with Crippen LogP contribution in [0.2, 0.25) is 0 Å². The second-order valence-electron chi connectivity index (χ2n) is 8.36. The third-order valence-corrected chi connectivity index (χ3v) is 5.06. The molecule has 1 aliphatic heterocycles. The van der Waals surface area contributed by atoms with Crippen molar-refractivity contribution in [3.63, 3.8) is 0 Å². The first kappa shape index (κ1) is 18.5. The number of nitrogens with one attached hydrogen (secondary N) is 1. The van der Waals surface area contributed by atoms with Gasteiger partial charge in [0.05, 0.1) is 6.10 Å². The molecule has 2 N–H and O–H groups in total. The number of aliphatic hydroxyl groups is 1. The van der Waals surface area contributed by atoms with Crippen molar-refractivity contribution >= 4 is 6.09 Å². The van der Waals surface area contributed by atoms with E-state index in [4.69, 9.17) is 4.74 Å². The minimum Gasteiger partial charge on any atom is -0.444 e. The molecule has 1 aliphatic carbocycles. The molecule has 0 aromatic rings. The molecule has 0 radical (unpaired) electrons. The van der Waals surface area contributed by atoms with E-state index in [1.165, 1.54) is 0 Å². The zero-order valence-electron chi connectivity index (χ0n) is 15.2. The van der Waals surface area contributed by atoms with Crippen molar-refractivity contribution in [2.24, 2.45) is 11.8 Å². The minimum absolute atomic E-state index is 0.102. The molecule has 5 nitrogen and oxygen atoms in total. The van der Waals surface area contributed by atoms with E-state index in [0.29, 0.717) is 17.9 Å². The molecule has 1 saturated carbocycles. The molecule has 23 heavy (non-hydrogen) atoms. The number of aliphatic hydroxyl groups excluding tert-OH is 1. The highest BCUT2D eigenvalue weighted by Gasteiger charge is 2.30. The van der Waals surface area contributed by atoms with Crippen molar-refractivity contribution in [1.29, 1.82) is 0 Å². The predicted molar refractivity (Wildman–Crippen MR) is 91.3 cm³/mol. The van der Waals surface area contributed by atoms with E-state index in [0.717, 1.165) is 51.7 Å². The normalized spacial score (nSPS) is 30.3. The van der Waals surface area contributed by atoms with E-state index in [1.54, 1.807) is 0 Å². The van der Waals surface area contributed by atoms with Crippen LogP contribution in [-0.4, -0.2) is 53.5 Å². The Morgan fingerprint density at radius 3 is 2.70 bits per heavy atom. The maximum atomic E-state index is 12.2. The highest BCUT2D eigenvalue weighted by atomic mass is 16.6. The van der Waals surface area contributed by atoms with Gasteiger partial charge in [0.15, 0.2) is 0 Å². The van der Waals surface area contributed by atoms with Crippen LogP contribution in [0.3, 0.4) is 0 Å². The maximum absolute atomic E-state index is 12.2. The van der Waals surface area contributed by atoms with Gasteiger partial charge in [0, 0.05) is 19.1 Å².